The van der Waals surface area contributed by atoms with Crippen molar-refractivity contribution < 1.29 is 9.45 Å². The van der Waals surface area contributed by atoms with Gasteiger partial charge in [0.05, 0.1) is 4.92 Å². The van der Waals surface area contributed by atoms with E-state index in [0.29, 0.717) is 0 Å². The van der Waals surface area contributed by atoms with E-state index in [9.17, 15) is 10.1 Å². The van der Waals surface area contributed by atoms with Crippen LogP contribution in [0.4, 0.5) is 5.69 Å². The van der Waals surface area contributed by atoms with Crippen LogP contribution in [0.5, 0.6) is 0 Å². The Morgan fingerprint density at radius 2 is 2.21 bits per heavy atom. The first kappa shape index (κ1) is 10.2. The molecule has 0 aliphatic heterocycles. The predicted molar refractivity (Wildman–Crippen MR) is 50.6 cm³/mol. The van der Waals surface area contributed by atoms with E-state index in [1.165, 1.54) is 13.0 Å². The Labute approximate surface area is 80.9 Å². The Bertz CT molecular complexity index is 368. The molecule has 0 amide bonds. The highest BCUT2D eigenvalue weighted by Crippen LogP contribution is 2.23. The Balaban J connectivity index is 3.04. The number of rotatable bonds is 3. The largest absolute Gasteiger partial charge is 0.383 e. The van der Waals surface area contributed by atoms with E-state index in [1.54, 1.807) is 11.1 Å². The van der Waals surface area contributed by atoms with Gasteiger partial charge in [0.2, 0.25) is 5.76 Å². The summed E-state index contributed by atoms with van der Waals surface area (Å²) in [5, 5.41) is 14.2. The zero-order valence-electron chi connectivity index (χ0n) is 8.22. The molecule has 0 radical (unpaired) electrons. The molecule has 1 aromatic heterocycles. The molecule has 0 aliphatic rings. The summed E-state index contributed by atoms with van der Waals surface area (Å²) in [5.74, 6) is 0.216. The smallest absolute Gasteiger partial charge is 0.338 e. The summed E-state index contributed by atoms with van der Waals surface area (Å²) in [6, 6.07) is 0. The summed E-state index contributed by atoms with van der Waals surface area (Å²) in [6.07, 6.45) is 3.21. The maximum absolute atomic E-state index is 10.6. The molecule has 6 nitrogen and oxygen atoms in total. The van der Waals surface area contributed by atoms with Gasteiger partial charge in [-0.15, -0.1) is 0 Å². The van der Waals surface area contributed by atoms with Crippen LogP contribution in [0.15, 0.2) is 10.7 Å². The zero-order valence-corrected chi connectivity index (χ0v) is 8.22. The van der Waals surface area contributed by atoms with Gasteiger partial charge in [-0.3, -0.25) is 10.1 Å². The van der Waals surface area contributed by atoms with Gasteiger partial charge in [-0.2, -0.15) is 0 Å². The minimum atomic E-state index is -0.499. The van der Waals surface area contributed by atoms with Crippen LogP contribution in [0.1, 0.15) is 11.5 Å². The Morgan fingerprint density at radius 3 is 2.71 bits per heavy atom. The van der Waals surface area contributed by atoms with Gasteiger partial charge in [-0.05, 0) is 6.08 Å². The number of aryl methyl sites for hydroxylation is 1. The minimum absolute atomic E-state index is 0.0805. The molecule has 76 valence electrons. The van der Waals surface area contributed by atoms with Gasteiger partial charge in [0, 0.05) is 27.2 Å². The predicted octanol–water partition coefficient (Wildman–Crippen LogP) is 1.42. The molecule has 1 rings (SSSR count). The van der Waals surface area contributed by atoms with E-state index in [2.05, 4.69) is 5.16 Å². The lowest BCUT2D eigenvalue weighted by Crippen LogP contribution is -2.00. The molecule has 0 spiro atoms. The maximum Gasteiger partial charge on any atom is 0.338 e. The maximum atomic E-state index is 10.6. The molecule has 0 aromatic carbocycles. The molecule has 0 atom stereocenters. The molecule has 0 saturated carbocycles. The van der Waals surface area contributed by atoms with Crippen LogP contribution in [0.25, 0.3) is 6.08 Å². The molecule has 1 aromatic rings. The molecule has 0 bridgehead atoms. The summed E-state index contributed by atoms with van der Waals surface area (Å²) in [7, 11) is 3.63. The normalized spacial score (nSPS) is 10.8. The standard InChI is InChI=1S/C8H11N3O3/c1-6-8(11(12)13)7(9-14-6)4-5-10(2)3/h4-5H,1-3H3/b5-4-. The Kier molecular flexibility index (Phi) is 2.85. The molecule has 6 heteroatoms. The molecular weight excluding hydrogens is 186 g/mol. The van der Waals surface area contributed by atoms with Crippen molar-refractivity contribution in [1.82, 2.24) is 10.1 Å². The van der Waals surface area contributed by atoms with Crippen LogP contribution in [0, 0.1) is 17.0 Å². The quantitative estimate of drug-likeness (QED) is 0.541. The fraction of sp³-hybridized carbons (Fsp3) is 0.375. The van der Waals surface area contributed by atoms with Gasteiger partial charge >= 0.3 is 5.69 Å². The summed E-state index contributed by atoms with van der Waals surface area (Å²) in [4.78, 5) is 11.9. The molecule has 1 heterocycles. The van der Waals surface area contributed by atoms with Crippen LogP contribution < -0.4 is 0 Å². The van der Waals surface area contributed by atoms with Crippen LogP contribution in [-0.4, -0.2) is 29.1 Å². The number of nitro groups is 1. The van der Waals surface area contributed by atoms with Crippen molar-refractivity contribution in [1.29, 1.82) is 0 Å². The highest BCUT2D eigenvalue weighted by Gasteiger charge is 2.21. The van der Waals surface area contributed by atoms with Crippen LogP contribution in [0.3, 0.4) is 0 Å². The lowest BCUT2D eigenvalue weighted by atomic mass is 10.3. The third-order valence-corrected chi connectivity index (χ3v) is 1.57. The number of hydrogen-bond acceptors (Lipinski definition) is 5. The molecule has 14 heavy (non-hydrogen) atoms. The third-order valence-electron chi connectivity index (χ3n) is 1.57. The lowest BCUT2D eigenvalue weighted by molar-refractivity contribution is -0.386. The third kappa shape index (κ3) is 2.09. The topological polar surface area (TPSA) is 72.4 Å². The van der Waals surface area contributed by atoms with Crippen molar-refractivity contribution in [2.45, 2.75) is 6.92 Å². The van der Waals surface area contributed by atoms with Crippen molar-refractivity contribution in [2.24, 2.45) is 0 Å². The van der Waals surface area contributed by atoms with Gasteiger partial charge < -0.3 is 9.42 Å². The van der Waals surface area contributed by atoms with Crippen molar-refractivity contribution in [3.63, 3.8) is 0 Å². The van der Waals surface area contributed by atoms with Crippen LogP contribution >= 0.6 is 0 Å². The Morgan fingerprint density at radius 1 is 1.57 bits per heavy atom. The van der Waals surface area contributed by atoms with Crippen molar-refractivity contribution in [3.8, 4) is 0 Å². The fourth-order valence-corrected chi connectivity index (χ4v) is 0.936. The zero-order chi connectivity index (χ0) is 10.7. The SMILES string of the molecule is Cc1onc(/C=C\N(C)C)c1[N+](=O)[O-]. The van der Waals surface area contributed by atoms with Crippen molar-refractivity contribution in [3.05, 3.63) is 27.8 Å². The summed E-state index contributed by atoms with van der Waals surface area (Å²) >= 11 is 0. The number of hydrogen-bond donors (Lipinski definition) is 0. The van der Waals surface area contributed by atoms with Crippen LogP contribution in [0.2, 0.25) is 0 Å². The molecule has 0 aliphatic carbocycles. The first-order valence-electron chi connectivity index (χ1n) is 3.97. The van der Waals surface area contributed by atoms with Crippen molar-refractivity contribution >= 4 is 11.8 Å². The van der Waals surface area contributed by atoms with Gasteiger partial charge in [0.25, 0.3) is 0 Å². The second-order valence-corrected chi connectivity index (χ2v) is 3.01. The summed E-state index contributed by atoms with van der Waals surface area (Å²) in [6.45, 7) is 1.51. The Hall–Kier alpha value is -1.85. The van der Waals surface area contributed by atoms with E-state index in [0.717, 1.165) is 0 Å². The van der Waals surface area contributed by atoms with Gasteiger partial charge in [-0.25, -0.2) is 0 Å². The van der Waals surface area contributed by atoms with Gasteiger partial charge in [0.1, 0.15) is 0 Å². The molecular formula is C8H11N3O3. The van der Waals surface area contributed by atoms with Crippen LogP contribution in [-0.2, 0) is 0 Å². The van der Waals surface area contributed by atoms with E-state index in [1.807, 2.05) is 14.1 Å². The fourth-order valence-electron chi connectivity index (χ4n) is 0.936. The van der Waals surface area contributed by atoms with E-state index >= 15 is 0 Å². The van der Waals surface area contributed by atoms with Crippen molar-refractivity contribution in [2.75, 3.05) is 14.1 Å². The van der Waals surface area contributed by atoms with E-state index in [4.69, 9.17) is 4.52 Å². The molecule has 0 N–H and O–H groups in total. The number of nitrogens with zero attached hydrogens (tertiary/aromatic N) is 3. The highest BCUT2D eigenvalue weighted by atomic mass is 16.6. The van der Waals surface area contributed by atoms with Gasteiger partial charge in [-0.1, -0.05) is 5.16 Å². The van der Waals surface area contributed by atoms with E-state index in [-0.39, 0.29) is 17.1 Å². The van der Waals surface area contributed by atoms with Gasteiger partial charge in [0.15, 0.2) is 5.69 Å². The monoisotopic (exact) mass is 197 g/mol. The first-order valence-corrected chi connectivity index (χ1v) is 3.97. The molecule has 0 unspecified atom stereocenters. The average Bonchev–Trinajstić information content (AvgIpc) is 2.43. The molecule has 0 saturated heterocycles. The first-order chi connectivity index (χ1) is 6.52. The summed E-state index contributed by atoms with van der Waals surface area (Å²) < 4.78 is 4.73. The van der Waals surface area contributed by atoms with E-state index < -0.39 is 4.92 Å². The second-order valence-electron chi connectivity index (χ2n) is 3.01. The average molecular weight is 197 g/mol. The second kappa shape index (κ2) is 3.91. The summed E-state index contributed by atoms with van der Waals surface area (Å²) in [5.41, 5.74) is 0.157. The number of aromatic nitrogens is 1. The highest BCUT2D eigenvalue weighted by molar-refractivity contribution is 5.57. The lowest BCUT2D eigenvalue weighted by Gasteiger charge is -2.01. The minimum Gasteiger partial charge on any atom is -0.383 e. The molecule has 0 fully saturated rings.